The molecule has 0 radical (unpaired) electrons. The van der Waals surface area contributed by atoms with Gasteiger partial charge in [0.2, 0.25) is 5.91 Å². The van der Waals surface area contributed by atoms with Crippen LogP contribution >= 0.6 is 0 Å². The quantitative estimate of drug-likeness (QED) is 0.156. The molecule has 216 valence electrons. The Kier molecular flexibility index (Phi) is 16.2. The largest absolute Gasteiger partial charge is 0.459 e. The van der Waals surface area contributed by atoms with Gasteiger partial charge in [-0.3, -0.25) is 4.79 Å². The van der Waals surface area contributed by atoms with Crippen molar-refractivity contribution in [2.45, 2.75) is 121 Å². The average Bonchev–Trinajstić information content (AvgIpc) is 2.93. The number of ether oxygens (including phenoxy) is 3. The monoisotopic (exact) mass is 537 g/mol. The molecule has 0 aromatic heterocycles. The van der Waals surface area contributed by atoms with E-state index in [1.165, 1.54) is 44.9 Å². The highest BCUT2D eigenvalue weighted by Crippen LogP contribution is 2.23. The molecular weight excluding hydrogens is 490 g/mol. The number of esters is 1. The molecule has 0 spiro atoms. The maximum absolute atomic E-state index is 12.6. The Morgan fingerprint density at radius 1 is 0.895 bits per heavy atom. The Morgan fingerprint density at radius 3 is 2.11 bits per heavy atom. The van der Waals surface area contributed by atoms with Crippen molar-refractivity contribution in [1.29, 1.82) is 0 Å². The predicted molar refractivity (Wildman–Crippen MR) is 143 cm³/mol. The Balaban J connectivity index is 1.72. The van der Waals surface area contributed by atoms with Gasteiger partial charge in [0.15, 0.2) is 6.29 Å². The van der Waals surface area contributed by atoms with E-state index in [0.717, 1.165) is 24.8 Å². The van der Waals surface area contributed by atoms with Crippen LogP contribution in [0, 0.1) is 0 Å². The highest BCUT2D eigenvalue weighted by molar-refractivity contribution is 5.76. The summed E-state index contributed by atoms with van der Waals surface area (Å²) in [6, 6.07) is 8.07. The van der Waals surface area contributed by atoms with Crippen LogP contribution in [0.3, 0.4) is 0 Å². The van der Waals surface area contributed by atoms with Crippen molar-refractivity contribution in [1.82, 2.24) is 5.32 Å². The number of aliphatic hydroxyl groups is 3. The van der Waals surface area contributed by atoms with Gasteiger partial charge >= 0.3 is 5.97 Å². The Bertz CT molecular complexity index is 777. The van der Waals surface area contributed by atoms with Gasteiger partial charge in [0.05, 0.1) is 6.61 Å². The summed E-state index contributed by atoms with van der Waals surface area (Å²) in [7, 11) is 0. The van der Waals surface area contributed by atoms with E-state index in [-0.39, 0.29) is 18.9 Å². The fourth-order valence-electron chi connectivity index (χ4n) is 4.52. The van der Waals surface area contributed by atoms with Crippen LogP contribution < -0.4 is 5.32 Å². The Hall–Kier alpha value is -2.04. The Morgan fingerprint density at radius 2 is 1.50 bits per heavy atom. The van der Waals surface area contributed by atoms with E-state index in [0.29, 0.717) is 6.42 Å². The number of benzene rings is 1. The first-order valence-corrected chi connectivity index (χ1v) is 14.2. The van der Waals surface area contributed by atoms with Crippen LogP contribution in [-0.2, 0) is 30.4 Å². The lowest BCUT2D eigenvalue weighted by molar-refractivity contribution is -0.270. The third kappa shape index (κ3) is 12.2. The molecule has 1 heterocycles. The van der Waals surface area contributed by atoms with Crippen LogP contribution in [0.4, 0.5) is 0 Å². The number of hydrogen-bond acceptors (Lipinski definition) is 8. The number of unbranched alkanes of at least 4 members (excludes halogenated alkanes) is 10. The standard InChI is InChI=1S/C29H47NO8/c1-2-3-4-5-6-7-8-9-10-11-15-18-24(32)30-26-28(35)27(34)23(19-31)38-29(26)37-21-25(33)36-20-22-16-13-12-14-17-22/h12-14,16-17,23,26-29,31,34-35H,2-11,15,18-21H2,1H3,(H,30,32)/t23-,26-,27-,28-,29+/m1/s1. The molecule has 0 aliphatic carbocycles. The van der Waals surface area contributed by atoms with Crippen molar-refractivity contribution in [3.63, 3.8) is 0 Å². The molecule has 1 aromatic rings. The molecular formula is C29H47NO8. The van der Waals surface area contributed by atoms with Crippen molar-refractivity contribution in [2.75, 3.05) is 13.2 Å². The van der Waals surface area contributed by atoms with E-state index in [4.69, 9.17) is 14.2 Å². The molecule has 1 aliphatic heterocycles. The number of hydrogen-bond donors (Lipinski definition) is 4. The predicted octanol–water partition coefficient (Wildman–Crippen LogP) is 3.37. The first kappa shape index (κ1) is 32.2. The topological polar surface area (TPSA) is 135 Å². The van der Waals surface area contributed by atoms with Crippen LogP contribution in [0.5, 0.6) is 0 Å². The summed E-state index contributed by atoms with van der Waals surface area (Å²) in [5.41, 5.74) is 0.821. The normalized spacial score (nSPS) is 23.2. The van der Waals surface area contributed by atoms with Crippen molar-refractivity contribution in [3.8, 4) is 0 Å². The van der Waals surface area contributed by atoms with Crippen molar-refractivity contribution < 1.29 is 39.1 Å². The number of aliphatic hydroxyl groups excluding tert-OH is 3. The molecule has 1 aromatic carbocycles. The summed E-state index contributed by atoms with van der Waals surface area (Å²) in [6.45, 7) is 1.26. The molecule has 2 rings (SSSR count). The number of nitrogens with one attached hydrogen (secondary N) is 1. The van der Waals surface area contributed by atoms with Gasteiger partial charge in [0.1, 0.15) is 37.6 Å². The molecule has 0 saturated carbocycles. The van der Waals surface area contributed by atoms with Gasteiger partial charge in [-0.25, -0.2) is 4.79 Å². The summed E-state index contributed by atoms with van der Waals surface area (Å²) >= 11 is 0. The first-order chi connectivity index (χ1) is 18.5. The lowest BCUT2D eigenvalue weighted by Gasteiger charge is -2.42. The van der Waals surface area contributed by atoms with Crippen molar-refractivity contribution in [2.24, 2.45) is 0 Å². The molecule has 1 amide bonds. The number of carbonyl (C=O) groups is 2. The molecule has 1 aliphatic rings. The second kappa shape index (κ2) is 19.1. The summed E-state index contributed by atoms with van der Waals surface area (Å²) < 4.78 is 16.3. The third-order valence-electron chi connectivity index (χ3n) is 6.82. The number of amides is 1. The lowest BCUT2D eigenvalue weighted by atomic mass is 9.96. The van der Waals surface area contributed by atoms with Crippen LogP contribution in [0.15, 0.2) is 30.3 Å². The molecule has 5 atom stereocenters. The van der Waals surface area contributed by atoms with E-state index in [9.17, 15) is 24.9 Å². The minimum absolute atomic E-state index is 0.0777. The molecule has 1 saturated heterocycles. The number of carbonyl (C=O) groups excluding carboxylic acids is 2. The summed E-state index contributed by atoms with van der Waals surface area (Å²) in [5, 5.41) is 33.0. The van der Waals surface area contributed by atoms with Crippen LogP contribution in [0.25, 0.3) is 0 Å². The molecule has 1 fully saturated rings. The smallest absolute Gasteiger partial charge is 0.332 e. The summed E-state index contributed by atoms with van der Waals surface area (Å²) in [5.74, 6) is -0.951. The SMILES string of the molecule is CCCCCCCCCCCCCC(=O)N[C@H]1[C@@H](OCC(=O)OCc2ccccc2)O[C@H](CO)[C@@H](O)[C@@H]1O. The molecule has 4 N–H and O–H groups in total. The second-order valence-corrected chi connectivity index (χ2v) is 10.0. The zero-order valence-electron chi connectivity index (χ0n) is 22.8. The summed E-state index contributed by atoms with van der Waals surface area (Å²) in [6.07, 6.45) is 7.96. The van der Waals surface area contributed by atoms with Gasteiger partial charge in [-0.15, -0.1) is 0 Å². The van der Waals surface area contributed by atoms with Crippen LogP contribution in [0.2, 0.25) is 0 Å². The summed E-state index contributed by atoms with van der Waals surface area (Å²) in [4.78, 5) is 24.7. The second-order valence-electron chi connectivity index (χ2n) is 10.0. The van der Waals surface area contributed by atoms with Gasteiger partial charge in [-0.2, -0.15) is 0 Å². The molecule has 9 nitrogen and oxygen atoms in total. The van der Waals surface area contributed by atoms with E-state index in [2.05, 4.69) is 12.2 Å². The van der Waals surface area contributed by atoms with Gasteiger partial charge in [0, 0.05) is 6.42 Å². The first-order valence-electron chi connectivity index (χ1n) is 14.2. The fourth-order valence-corrected chi connectivity index (χ4v) is 4.52. The molecule has 38 heavy (non-hydrogen) atoms. The van der Waals surface area contributed by atoms with Crippen molar-refractivity contribution >= 4 is 11.9 Å². The van der Waals surface area contributed by atoms with E-state index >= 15 is 0 Å². The van der Waals surface area contributed by atoms with Crippen molar-refractivity contribution in [3.05, 3.63) is 35.9 Å². The van der Waals surface area contributed by atoms with Crippen LogP contribution in [0.1, 0.15) is 89.5 Å². The minimum atomic E-state index is -1.44. The Labute approximate surface area is 226 Å². The zero-order valence-corrected chi connectivity index (χ0v) is 22.8. The molecule has 0 bridgehead atoms. The number of rotatable bonds is 19. The molecule has 9 heteroatoms. The lowest BCUT2D eigenvalue weighted by Crippen LogP contribution is -2.64. The third-order valence-corrected chi connectivity index (χ3v) is 6.82. The average molecular weight is 538 g/mol. The maximum Gasteiger partial charge on any atom is 0.332 e. The fraction of sp³-hybridized carbons (Fsp3) is 0.724. The van der Waals surface area contributed by atoms with Gasteiger partial charge in [-0.05, 0) is 12.0 Å². The highest BCUT2D eigenvalue weighted by atomic mass is 16.7. The maximum atomic E-state index is 12.6. The van der Waals surface area contributed by atoms with E-state index in [1.54, 1.807) is 0 Å². The highest BCUT2D eigenvalue weighted by Gasteiger charge is 2.45. The molecule has 0 unspecified atom stereocenters. The van der Waals surface area contributed by atoms with Gasteiger partial charge < -0.3 is 34.8 Å². The van der Waals surface area contributed by atoms with E-state index < -0.39 is 49.8 Å². The van der Waals surface area contributed by atoms with Gasteiger partial charge in [0.25, 0.3) is 0 Å². The minimum Gasteiger partial charge on any atom is -0.459 e. The van der Waals surface area contributed by atoms with E-state index in [1.807, 2.05) is 30.3 Å². The van der Waals surface area contributed by atoms with Gasteiger partial charge in [-0.1, -0.05) is 101 Å². The zero-order chi connectivity index (χ0) is 27.6. The van der Waals surface area contributed by atoms with Crippen LogP contribution in [-0.4, -0.2) is 71.1 Å².